The highest BCUT2D eigenvalue weighted by molar-refractivity contribution is 5.78. The smallest absolute Gasteiger partial charge is 0.313 e. The van der Waals surface area contributed by atoms with Crippen molar-refractivity contribution in [1.82, 2.24) is 0 Å². The maximum atomic E-state index is 11.8. The quantitative estimate of drug-likeness (QED) is 0.725. The van der Waals surface area contributed by atoms with Crippen LogP contribution in [0.25, 0.3) is 0 Å². The lowest BCUT2D eigenvalue weighted by molar-refractivity contribution is -0.145. The van der Waals surface area contributed by atoms with Crippen molar-refractivity contribution < 1.29 is 14.3 Å². The molecule has 0 saturated heterocycles. The summed E-state index contributed by atoms with van der Waals surface area (Å²) in [5.74, 6) is 0.579. The van der Waals surface area contributed by atoms with Gasteiger partial charge in [0.05, 0.1) is 18.6 Å². The lowest BCUT2D eigenvalue weighted by atomic mass is 9.96. The van der Waals surface area contributed by atoms with Gasteiger partial charge in [-0.25, -0.2) is 0 Å². The Labute approximate surface area is 108 Å². The molecular formula is C15H20O3. The highest BCUT2D eigenvalue weighted by atomic mass is 16.5. The second kappa shape index (κ2) is 5.89. The van der Waals surface area contributed by atoms with Gasteiger partial charge >= 0.3 is 5.97 Å². The number of rotatable bonds is 6. The van der Waals surface area contributed by atoms with Crippen LogP contribution in [-0.4, -0.2) is 18.7 Å². The van der Waals surface area contributed by atoms with E-state index in [2.05, 4.69) is 0 Å². The molecule has 0 heterocycles. The Kier molecular flexibility index (Phi) is 4.24. The Hall–Kier alpha value is -1.51. The van der Waals surface area contributed by atoms with Crippen molar-refractivity contribution in [3.63, 3.8) is 0 Å². The molecule has 0 bridgehead atoms. The summed E-state index contributed by atoms with van der Waals surface area (Å²) in [5.41, 5.74) is 0.999. The third-order valence-electron chi connectivity index (χ3n) is 3.09. The van der Waals surface area contributed by atoms with Crippen molar-refractivity contribution in [3.8, 4) is 5.75 Å². The van der Waals surface area contributed by atoms with E-state index >= 15 is 0 Å². The lowest BCUT2D eigenvalue weighted by Crippen LogP contribution is -2.15. The molecule has 3 nitrogen and oxygen atoms in total. The van der Waals surface area contributed by atoms with Gasteiger partial charge in [0.1, 0.15) is 5.75 Å². The molecule has 0 radical (unpaired) electrons. The minimum Gasteiger partial charge on any atom is -0.490 e. The van der Waals surface area contributed by atoms with Crippen LogP contribution in [-0.2, 0) is 9.53 Å². The summed E-state index contributed by atoms with van der Waals surface area (Å²) in [7, 11) is 0. The number of benzene rings is 1. The highest BCUT2D eigenvalue weighted by Crippen LogP contribution is 2.28. The van der Waals surface area contributed by atoms with E-state index in [0.29, 0.717) is 12.7 Å². The van der Waals surface area contributed by atoms with Gasteiger partial charge in [0, 0.05) is 0 Å². The van der Waals surface area contributed by atoms with E-state index in [1.54, 1.807) is 0 Å². The van der Waals surface area contributed by atoms with Gasteiger partial charge in [-0.3, -0.25) is 4.79 Å². The first-order valence-electron chi connectivity index (χ1n) is 6.67. The summed E-state index contributed by atoms with van der Waals surface area (Å²) < 4.78 is 10.8. The molecule has 1 fully saturated rings. The largest absolute Gasteiger partial charge is 0.490 e. The van der Waals surface area contributed by atoms with Crippen LogP contribution in [0.4, 0.5) is 0 Å². The Bertz CT molecular complexity index is 393. The molecule has 3 heteroatoms. The topological polar surface area (TPSA) is 35.5 Å². The van der Waals surface area contributed by atoms with Crippen LogP contribution < -0.4 is 4.74 Å². The molecule has 2 rings (SSSR count). The van der Waals surface area contributed by atoms with Crippen molar-refractivity contribution in [2.24, 2.45) is 0 Å². The van der Waals surface area contributed by atoms with Gasteiger partial charge in [0.25, 0.3) is 0 Å². The lowest BCUT2D eigenvalue weighted by Gasteiger charge is -2.14. The third kappa shape index (κ3) is 3.25. The summed E-state index contributed by atoms with van der Waals surface area (Å²) in [6, 6.07) is 7.80. The van der Waals surface area contributed by atoms with Crippen LogP contribution in [0.15, 0.2) is 24.3 Å². The number of ether oxygens (including phenoxy) is 2. The summed E-state index contributed by atoms with van der Waals surface area (Å²) >= 11 is 0. The zero-order valence-corrected chi connectivity index (χ0v) is 11.0. The van der Waals surface area contributed by atoms with Gasteiger partial charge in [-0.05, 0) is 43.9 Å². The van der Waals surface area contributed by atoms with Gasteiger partial charge in [0.15, 0.2) is 0 Å². The molecular weight excluding hydrogens is 228 g/mol. The zero-order valence-electron chi connectivity index (χ0n) is 11.0. The van der Waals surface area contributed by atoms with Crippen molar-refractivity contribution in [1.29, 1.82) is 0 Å². The van der Waals surface area contributed by atoms with E-state index in [4.69, 9.17) is 9.47 Å². The van der Waals surface area contributed by atoms with Crippen LogP contribution in [0.1, 0.15) is 44.6 Å². The molecule has 1 aliphatic carbocycles. The second-order valence-electron chi connectivity index (χ2n) is 4.60. The van der Waals surface area contributed by atoms with Crippen molar-refractivity contribution in [2.75, 3.05) is 6.61 Å². The standard InChI is InChI=1S/C15H20O3/c1-3-14(15(16)17-4-2)11-5-7-12(8-6-11)18-13-9-10-13/h5-8,13-14H,3-4,9-10H2,1-2H3. The van der Waals surface area contributed by atoms with Crippen molar-refractivity contribution in [3.05, 3.63) is 29.8 Å². The fourth-order valence-electron chi connectivity index (χ4n) is 1.94. The third-order valence-corrected chi connectivity index (χ3v) is 3.09. The molecule has 0 N–H and O–H groups in total. The first kappa shape index (κ1) is 12.9. The maximum absolute atomic E-state index is 11.8. The normalized spacial score (nSPS) is 16.1. The Morgan fingerprint density at radius 3 is 2.44 bits per heavy atom. The van der Waals surface area contributed by atoms with E-state index < -0.39 is 0 Å². The molecule has 1 aromatic carbocycles. The van der Waals surface area contributed by atoms with Crippen LogP contribution in [0.3, 0.4) is 0 Å². The number of hydrogen-bond acceptors (Lipinski definition) is 3. The number of carbonyl (C=O) groups is 1. The molecule has 1 aliphatic rings. The minimum atomic E-state index is -0.167. The highest BCUT2D eigenvalue weighted by Gasteiger charge is 2.24. The summed E-state index contributed by atoms with van der Waals surface area (Å²) in [6.45, 7) is 4.26. The number of hydrogen-bond donors (Lipinski definition) is 0. The summed E-state index contributed by atoms with van der Waals surface area (Å²) in [4.78, 5) is 11.8. The van der Waals surface area contributed by atoms with Gasteiger partial charge < -0.3 is 9.47 Å². The first-order valence-corrected chi connectivity index (χ1v) is 6.67. The molecule has 98 valence electrons. The average Bonchev–Trinajstić information content (AvgIpc) is 3.16. The van der Waals surface area contributed by atoms with E-state index in [-0.39, 0.29) is 11.9 Å². The molecule has 0 aliphatic heterocycles. The fraction of sp³-hybridized carbons (Fsp3) is 0.533. The van der Waals surface area contributed by atoms with Crippen LogP contribution >= 0.6 is 0 Å². The zero-order chi connectivity index (χ0) is 13.0. The van der Waals surface area contributed by atoms with E-state index in [1.165, 1.54) is 0 Å². The predicted molar refractivity (Wildman–Crippen MR) is 69.8 cm³/mol. The summed E-state index contributed by atoms with van der Waals surface area (Å²) in [6.07, 6.45) is 3.47. The van der Waals surface area contributed by atoms with Crippen LogP contribution in [0, 0.1) is 0 Å². The van der Waals surface area contributed by atoms with Gasteiger partial charge in [-0.1, -0.05) is 19.1 Å². The molecule has 0 amide bonds. The van der Waals surface area contributed by atoms with E-state index in [0.717, 1.165) is 30.6 Å². The SMILES string of the molecule is CCOC(=O)C(CC)c1ccc(OC2CC2)cc1. The molecule has 0 aromatic heterocycles. The van der Waals surface area contributed by atoms with Gasteiger partial charge in [-0.15, -0.1) is 0 Å². The number of esters is 1. The van der Waals surface area contributed by atoms with Crippen LogP contribution in [0.5, 0.6) is 5.75 Å². The maximum Gasteiger partial charge on any atom is 0.313 e. The Balaban J connectivity index is 2.03. The molecule has 1 saturated carbocycles. The summed E-state index contributed by atoms with van der Waals surface area (Å²) in [5, 5.41) is 0. The van der Waals surface area contributed by atoms with Crippen molar-refractivity contribution in [2.45, 2.75) is 45.1 Å². The molecule has 1 atom stereocenters. The average molecular weight is 248 g/mol. The van der Waals surface area contributed by atoms with Crippen molar-refractivity contribution >= 4 is 5.97 Å². The molecule has 0 spiro atoms. The molecule has 1 aromatic rings. The molecule has 1 unspecified atom stereocenters. The van der Waals surface area contributed by atoms with E-state index in [9.17, 15) is 4.79 Å². The number of carbonyl (C=O) groups excluding carboxylic acids is 1. The second-order valence-corrected chi connectivity index (χ2v) is 4.60. The molecule has 18 heavy (non-hydrogen) atoms. The van der Waals surface area contributed by atoms with Gasteiger partial charge in [-0.2, -0.15) is 0 Å². The Morgan fingerprint density at radius 2 is 1.94 bits per heavy atom. The van der Waals surface area contributed by atoms with Gasteiger partial charge in [0.2, 0.25) is 0 Å². The minimum absolute atomic E-state index is 0.143. The first-order chi connectivity index (χ1) is 8.74. The Morgan fingerprint density at radius 1 is 1.28 bits per heavy atom. The monoisotopic (exact) mass is 248 g/mol. The van der Waals surface area contributed by atoms with E-state index in [1.807, 2.05) is 38.1 Å². The fourth-order valence-corrected chi connectivity index (χ4v) is 1.94. The predicted octanol–water partition coefficient (Wildman–Crippen LogP) is 3.28. The van der Waals surface area contributed by atoms with Crippen LogP contribution in [0.2, 0.25) is 0 Å².